The van der Waals surface area contributed by atoms with E-state index in [0.29, 0.717) is 6.61 Å². The van der Waals surface area contributed by atoms with Gasteiger partial charge in [0.2, 0.25) is 0 Å². The van der Waals surface area contributed by atoms with Crippen LogP contribution in [-0.4, -0.2) is 11.6 Å². The van der Waals surface area contributed by atoms with E-state index in [9.17, 15) is 0 Å². The highest BCUT2D eigenvalue weighted by Gasteiger charge is 1.97. The van der Waals surface area contributed by atoms with Crippen LogP contribution in [-0.2, 0) is 13.1 Å². The molecule has 0 atom stereocenters. The van der Waals surface area contributed by atoms with E-state index in [1.54, 1.807) is 12.3 Å². The van der Waals surface area contributed by atoms with Gasteiger partial charge in [-0.25, -0.2) is 0 Å². The Labute approximate surface area is 126 Å². The molecule has 0 bridgehead atoms. The summed E-state index contributed by atoms with van der Waals surface area (Å²) in [5.74, 6) is 0.876. The third kappa shape index (κ3) is 5.43. The number of halogens is 1. The molecule has 0 fully saturated rings. The predicted octanol–water partition coefficient (Wildman–Crippen LogP) is 3.36. The van der Waals surface area contributed by atoms with Gasteiger partial charge in [-0.05, 0) is 29.3 Å². The molecule has 0 aliphatic carbocycles. The second kappa shape index (κ2) is 9.13. The Morgan fingerprint density at radius 3 is 2.70 bits per heavy atom. The summed E-state index contributed by atoms with van der Waals surface area (Å²) in [6.45, 7) is 5.79. The van der Waals surface area contributed by atoms with Crippen LogP contribution in [0.15, 0.2) is 61.4 Å². The van der Waals surface area contributed by atoms with Crippen molar-refractivity contribution >= 4 is 12.4 Å². The smallest absolute Gasteiger partial charge is 0.120 e. The molecule has 0 saturated carbocycles. The first-order valence-corrected chi connectivity index (χ1v) is 6.31. The third-order valence-electron chi connectivity index (χ3n) is 2.65. The average Bonchev–Trinajstić information content (AvgIpc) is 2.47. The van der Waals surface area contributed by atoms with E-state index in [1.807, 2.05) is 30.5 Å². The lowest BCUT2D eigenvalue weighted by Crippen LogP contribution is -2.12. The Kier molecular flexibility index (Phi) is 7.40. The van der Waals surface area contributed by atoms with E-state index in [4.69, 9.17) is 4.74 Å². The van der Waals surface area contributed by atoms with Crippen molar-refractivity contribution in [2.24, 2.45) is 0 Å². The molecule has 3 nitrogen and oxygen atoms in total. The van der Waals surface area contributed by atoms with Crippen molar-refractivity contribution in [2.75, 3.05) is 6.61 Å². The van der Waals surface area contributed by atoms with Gasteiger partial charge in [0.1, 0.15) is 12.4 Å². The van der Waals surface area contributed by atoms with Gasteiger partial charge in [0.25, 0.3) is 0 Å². The SMILES string of the molecule is C=CCOc1cccc(CNCc2cccnc2)c1.Cl. The number of aromatic nitrogens is 1. The topological polar surface area (TPSA) is 34.1 Å². The van der Waals surface area contributed by atoms with Crippen LogP contribution < -0.4 is 10.1 Å². The molecule has 0 aliphatic rings. The van der Waals surface area contributed by atoms with Crippen LogP contribution in [0.5, 0.6) is 5.75 Å². The summed E-state index contributed by atoms with van der Waals surface area (Å²) >= 11 is 0. The zero-order chi connectivity index (χ0) is 13.3. The molecule has 0 saturated heterocycles. The van der Waals surface area contributed by atoms with Crippen molar-refractivity contribution in [3.63, 3.8) is 0 Å². The lowest BCUT2D eigenvalue weighted by Gasteiger charge is -2.07. The lowest BCUT2D eigenvalue weighted by atomic mass is 10.2. The molecule has 2 rings (SSSR count). The van der Waals surface area contributed by atoms with Crippen molar-refractivity contribution in [3.05, 3.63) is 72.6 Å². The highest BCUT2D eigenvalue weighted by atomic mass is 35.5. The number of ether oxygens (including phenoxy) is 1. The van der Waals surface area contributed by atoms with E-state index in [1.165, 1.54) is 11.1 Å². The summed E-state index contributed by atoms with van der Waals surface area (Å²) in [6, 6.07) is 12.1. The normalized spacial score (nSPS) is 9.60. The molecule has 106 valence electrons. The van der Waals surface area contributed by atoms with Gasteiger partial charge in [-0.1, -0.05) is 30.9 Å². The maximum Gasteiger partial charge on any atom is 0.120 e. The Morgan fingerprint density at radius 2 is 1.95 bits per heavy atom. The maximum absolute atomic E-state index is 5.50. The second-order valence-electron chi connectivity index (χ2n) is 4.21. The Bertz CT molecular complexity index is 517. The lowest BCUT2D eigenvalue weighted by molar-refractivity contribution is 0.362. The Hall–Kier alpha value is -1.84. The van der Waals surface area contributed by atoms with Crippen LogP contribution in [0, 0.1) is 0 Å². The molecule has 0 amide bonds. The molecule has 0 spiro atoms. The number of nitrogens with zero attached hydrogens (tertiary/aromatic N) is 1. The van der Waals surface area contributed by atoms with Crippen LogP contribution in [0.4, 0.5) is 0 Å². The van der Waals surface area contributed by atoms with Crippen molar-refractivity contribution in [1.82, 2.24) is 10.3 Å². The number of pyridine rings is 1. The van der Waals surface area contributed by atoms with Gasteiger partial charge in [0, 0.05) is 25.5 Å². The Balaban J connectivity index is 0.00000200. The summed E-state index contributed by atoms with van der Waals surface area (Å²) in [6.07, 6.45) is 5.40. The first kappa shape index (κ1) is 16.2. The van der Waals surface area contributed by atoms with Crippen molar-refractivity contribution in [3.8, 4) is 5.75 Å². The summed E-state index contributed by atoms with van der Waals surface area (Å²) in [7, 11) is 0. The van der Waals surface area contributed by atoms with E-state index in [2.05, 4.69) is 29.0 Å². The molecule has 1 heterocycles. The molecule has 1 N–H and O–H groups in total. The average molecular weight is 291 g/mol. The minimum atomic E-state index is 0. The summed E-state index contributed by atoms with van der Waals surface area (Å²) in [5.41, 5.74) is 2.38. The molecule has 20 heavy (non-hydrogen) atoms. The molecular formula is C16H19ClN2O. The summed E-state index contributed by atoms with van der Waals surface area (Å²) in [4.78, 5) is 4.09. The van der Waals surface area contributed by atoms with Crippen LogP contribution in [0.3, 0.4) is 0 Å². The quantitative estimate of drug-likeness (QED) is 0.794. The first-order valence-electron chi connectivity index (χ1n) is 6.31. The van der Waals surface area contributed by atoms with E-state index >= 15 is 0 Å². The van der Waals surface area contributed by atoms with Gasteiger partial charge in [0.15, 0.2) is 0 Å². The van der Waals surface area contributed by atoms with Gasteiger partial charge < -0.3 is 10.1 Å². The number of hydrogen-bond donors (Lipinski definition) is 1. The van der Waals surface area contributed by atoms with Crippen molar-refractivity contribution in [1.29, 1.82) is 0 Å². The highest BCUT2D eigenvalue weighted by molar-refractivity contribution is 5.85. The molecule has 4 heteroatoms. The fourth-order valence-electron chi connectivity index (χ4n) is 1.75. The molecule has 1 aromatic heterocycles. The fraction of sp³-hybridized carbons (Fsp3) is 0.188. The maximum atomic E-state index is 5.50. The van der Waals surface area contributed by atoms with Gasteiger partial charge in [-0.3, -0.25) is 4.98 Å². The summed E-state index contributed by atoms with van der Waals surface area (Å²) in [5, 5.41) is 3.39. The van der Waals surface area contributed by atoms with E-state index < -0.39 is 0 Å². The minimum Gasteiger partial charge on any atom is -0.490 e. The molecule has 0 unspecified atom stereocenters. The van der Waals surface area contributed by atoms with E-state index in [0.717, 1.165) is 18.8 Å². The monoisotopic (exact) mass is 290 g/mol. The fourth-order valence-corrected chi connectivity index (χ4v) is 1.75. The number of rotatable bonds is 7. The van der Waals surface area contributed by atoms with Gasteiger partial charge in [0.05, 0.1) is 0 Å². The third-order valence-corrected chi connectivity index (χ3v) is 2.65. The van der Waals surface area contributed by atoms with Crippen LogP contribution in [0.1, 0.15) is 11.1 Å². The van der Waals surface area contributed by atoms with Crippen LogP contribution in [0.2, 0.25) is 0 Å². The number of benzene rings is 1. The zero-order valence-corrected chi connectivity index (χ0v) is 12.1. The second-order valence-corrected chi connectivity index (χ2v) is 4.21. The van der Waals surface area contributed by atoms with Crippen LogP contribution in [0.25, 0.3) is 0 Å². The Morgan fingerprint density at radius 1 is 1.15 bits per heavy atom. The first-order chi connectivity index (χ1) is 9.38. The largest absolute Gasteiger partial charge is 0.490 e. The molecule has 0 aliphatic heterocycles. The molecular weight excluding hydrogens is 272 g/mol. The zero-order valence-electron chi connectivity index (χ0n) is 11.3. The number of hydrogen-bond acceptors (Lipinski definition) is 3. The van der Waals surface area contributed by atoms with Crippen LogP contribution >= 0.6 is 12.4 Å². The van der Waals surface area contributed by atoms with Gasteiger partial charge in [-0.2, -0.15) is 0 Å². The summed E-state index contributed by atoms with van der Waals surface area (Å²) < 4.78 is 5.50. The highest BCUT2D eigenvalue weighted by Crippen LogP contribution is 2.13. The molecule has 0 radical (unpaired) electrons. The van der Waals surface area contributed by atoms with Gasteiger partial charge >= 0.3 is 0 Å². The van der Waals surface area contributed by atoms with Crippen molar-refractivity contribution in [2.45, 2.75) is 13.1 Å². The standard InChI is InChI=1S/C16H18N2O.ClH/c1-2-9-19-16-7-3-5-14(10-16)11-18-13-15-6-4-8-17-12-15;/h2-8,10,12,18H,1,9,11,13H2;1H. The van der Waals surface area contributed by atoms with E-state index in [-0.39, 0.29) is 12.4 Å². The molecule has 2 aromatic rings. The minimum absolute atomic E-state index is 0. The van der Waals surface area contributed by atoms with Crippen molar-refractivity contribution < 1.29 is 4.74 Å². The molecule has 1 aromatic carbocycles. The number of nitrogens with one attached hydrogen (secondary N) is 1. The van der Waals surface area contributed by atoms with Gasteiger partial charge in [-0.15, -0.1) is 12.4 Å². The predicted molar refractivity (Wildman–Crippen MR) is 84.2 cm³/mol.